The van der Waals surface area contributed by atoms with Crippen LogP contribution in [0.25, 0.3) is 0 Å². The van der Waals surface area contributed by atoms with Gasteiger partial charge in [-0.25, -0.2) is 4.79 Å². The van der Waals surface area contributed by atoms with E-state index in [1.807, 2.05) is 14.1 Å². The number of carbonyl (C=O) groups is 1. The van der Waals surface area contributed by atoms with Crippen LogP contribution < -0.4 is 0 Å². The van der Waals surface area contributed by atoms with Gasteiger partial charge in [-0.2, -0.15) is 0 Å². The van der Waals surface area contributed by atoms with Crippen molar-refractivity contribution in [3.8, 4) is 0 Å². The number of hydrogen-bond acceptors (Lipinski definition) is 3. The van der Waals surface area contributed by atoms with Gasteiger partial charge < -0.3 is 14.7 Å². The molecule has 0 radical (unpaired) electrons. The van der Waals surface area contributed by atoms with Crippen LogP contribution in [0.2, 0.25) is 0 Å². The molecule has 3 rings (SSSR count). The van der Waals surface area contributed by atoms with Gasteiger partial charge in [0.25, 0.3) is 0 Å². The first-order valence-corrected chi connectivity index (χ1v) is 9.16. The van der Waals surface area contributed by atoms with Crippen molar-refractivity contribution in [3.05, 3.63) is 0 Å². The summed E-state index contributed by atoms with van der Waals surface area (Å²) in [6.45, 7) is 10.1. The van der Waals surface area contributed by atoms with E-state index in [1.165, 1.54) is 32.5 Å². The first-order chi connectivity index (χ1) is 10.7. The summed E-state index contributed by atoms with van der Waals surface area (Å²) in [5.41, 5.74) is 0.168. The molecular weight excluding hydrogens is 288 g/mol. The minimum atomic E-state index is -0.0837. The van der Waals surface area contributed by atoms with Crippen LogP contribution in [0.4, 0.5) is 4.79 Å². The van der Waals surface area contributed by atoms with Crippen molar-refractivity contribution in [2.75, 3.05) is 53.9 Å². The highest BCUT2D eigenvalue weighted by molar-refractivity contribution is 5.75. The summed E-state index contributed by atoms with van der Waals surface area (Å²) in [7, 11) is 5.97. The van der Waals surface area contributed by atoms with Gasteiger partial charge in [0, 0.05) is 57.9 Å². The van der Waals surface area contributed by atoms with E-state index in [2.05, 4.69) is 35.6 Å². The minimum absolute atomic E-state index is 0.0837. The lowest BCUT2D eigenvalue weighted by Crippen LogP contribution is -2.70. The van der Waals surface area contributed by atoms with Crippen LogP contribution in [0.1, 0.15) is 39.5 Å². The highest BCUT2D eigenvalue weighted by Gasteiger charge is 2.51. The summed E-state index contributed by atoms with van der Waals surface area (Å²) < 4.78 is 0. The van der Waals surface area contributed by atoms with Gasteiger partial charge in [-0.05, 0) is 52.5 Å². The molecule has 3 fully saturated rings. The molecule has 0 bridgehead atoms. The van der Waals surface area contributed by atoms with Gasteiger partial charge in [0.2, 0.25) is 0 Å². The van der Waals surface area contributed by atoms with E-state index in [4.69, 9.17) is 0 Å². The molecule has 0 N–H and O–H groups in total. The summed E-state index contributed by atoms with van der Waals surface area (Å²) in [6, 6.07) is 0.155. The molecule has 0 aromatic rings. The summed E-state index contributed by atoms with van der Waals surface area (Å²) >= 11 is 0. The minimum Gasteiger partial charge on any atom is -0.331 e. The molecule has 0 aromatic heterocycles. The van der Waals surface area contributed by atoms with E-state index in [0.29, 0.717) is 0 Å². The van der Waals surface area contributed by atoms with Crippen LogP contribution in [-0.4, -0.2) is 90.6 Å². The Bertz CT molecular complexity index is 460. The first kappa shape index (κ1) is 17.0. The van der Waals surface area contributed by atoms with Crippen LogP contribution in [-0.2, 0) is 0 Å². The second-order valence-corrected chi connectivity index (χ2v) is 8.92. The van der Waals surface area contributed by atoms with E-state index in [9.17, 15) is 4.79 Å². The summed E-state index contributed by atoms with van der Waals surface area (Å²) in [5.74, 6) is 0.930. The first-order valence-electron chi connectivity index (χ1n) is 9.16. The number of likely N-dealkylation sites (N-methyl/N-ethyl adjacent to an activating group) is 1. The monoisotopic (exact) mass is 322 g/mol. The number of rotatable bonds is 2. The molecule has 2 heterocycles. The Morgan fingerprint density at radius 1 is 1.17 bits per heavy atom. The zero-order valence-corrected chi connectivity index (χ0v) is 15.6. The molecule has 3 aliphatic rings. The van der Waals surface area contributed by atoms with Gasteiger partial charge in [0.1, 0.15) is 0 Å². The lowest BCUT2D eigenvalue weighted by atomic mass is 9.74. The number of likely N-dealkylation sites (tertiary alicyclic amines) is 1. The van der Waals surface area contributed by atoms with E-state index in [0.717, 1.165) is 31.8 Å². The number of carbonyl (C=O) groups excluding carboxylic acids is 1. The molecule has 1 spiro atoms. The van der Waals surface area contributed by atoms with Gasteiger partial charge in [0.15, 0.2) is 0 Å². The van der Waals surface area contributed by atoms with Gasteiger partial charge in [0.05, 0.1) is 0 Å². The maximum atomic E-state index is 12.5. The number of hydrogen-bond donors (Lipinski definition) is 0. The van der Waals surface area contributed by atoms with Gasteiger partial charge >= 0.3 is 6.03 Å². The quantitative estimate of drug-likeness (QED) is 0.778. The molecule has 1 atom stereocenters. The smallest absolute Gasteiger partial charge is 0.319 e. The summed E-state index contributed by atoms with van der Waals surface area (Å²) in [4.78, 5) is 21.6. The van der Waals surface area contributed by atoms with E-state index in [1.54, 1.807) is 4.90 Å². The molecule has 2 aliphatic heterocycles. The lowest BCUT2D eigenvalue weighted by molar-refractivity contribution is -0.0689. The Kier molecular flexibility index (Phi) is 4.38. The van der Waals surface area contributed by atoms with Crippen LogP contribution in [0.15, 0.2) is 0 Å². The largest absolute Gasteiger partial charge is 0.331 e. The molecule has 132 valence electrons. The highest BCUT2D eigenvalue weighted by atomic mass is 16.2. The Hall–Kier alpha value is -0.810. The fourth-order valence-electron chi connectivity index (χ4n) is 4.72. The molecule has 1 aliphatic carbocycles. The van der Waals surface area contributed by atoms with Crippen LogP contribution in [0, 0.1) is 5.92 Å². The van der Waals surface area contributed by atoms with E-state index < -0.39 is 0 Å². The maximum Gasteiger partial charge on any atom is 0.319 e. The average molecular weight is 322 g/mol. The van der Waals surface area contributed by atoms with Crippen LogP contribution in [0.5, 0.6) is 0 Å². The molecule has 0 aromatic carbocycles. The normalized spacial score (nSPS) is 32.3. The van der Waals surface area contributed by atoms with Crippen LogP contribution >= 0.6 is 0 Å². The number of piperidine rings is 1. The van der Waals surface area contributed by atoms with E-state index >= 15 is 0 Å². The second kappa shape index (κ2) is 5.92. The Morgan fingerprint density at radius 3 is 2.43 bits per heavy atom. The zero-order chi connectivity index (χ0) is 16.8. The number of piperazine rings is 1. The predicted molar refractivity (Wildman–Crippen MR) is 93.6 cm³/mol. The number of nitrogens with zero attached hydrogens (tertiary/aromatic N) is 4. The lowest BCUT2D eigenvalue weighted by Gasteiger charge is -2.59. The summed E-state index contributed by atoms with van der Waals surface area (Å²) in [5, 5.41) is 0. The van der Waals surface area contributed by atoms with Crippen molar-refractivity contribution in [1.82, 2.24) is 19.6 Å². The average Bonchev–Trinajstić information content (AvgIpc) is 3.24. The Morgan fingerprint density at radius 2 is 1.87 bits per heavy atom. The van der Waals surface area contributed by atoms with Gasteiger partial charge in [-0.1, -0.05) is 0 Å². The molecule has 5 nitrogen and oxygen atoms in total. The molecule has 2 amide bonds. The fraction of sp³-hybridized carbons (Fsp3) is 0.944. The molecular formula is C18H34N4O. The zero-order valence-electron chi connectivity index (χ0n) is 15.6. The van der Waals surface area contributed by atoms with Gasteiger partial charge in [-0.3, -0.25) is 4.90 Å². The van der Waals surface area contributed by atoms with E-state index in [-0.39, 0.29) is 17.1 Å². The van der Waals surface area contributed by atoms with Crippen molar-refractivity contribution in [1.29, 1.82) is 0 Å². The third-order valence-corrected chi connectivity index (χ3v) is 6.07. The fourth-order valence-corrected chi connectivity index (χ4v) is 4.72. The molecule has 23 heavy (non-hydrogen) atoms. The molecule has 2 saturated heterocycles. The maximum absolute atomic E-state index is 12.5. The van der Waals surface area contributed by atoms with Crippen molar-refractivity contribution in [3.63, 3.8) is 0 Å². The Balaban J connectivity index is 1.79. The van der Waals surface area contributed by atoms with Crippen molar-refractivity contribution < 1.29 is 4.79 Å². The third kappa shape index (κ3) is 3.36. The van der Waals surface area contributed by atoms with Crippen LogP contribution in [0.3, 0.4) is 0 Å². The molecule has 1 unspecified atom stereocenters. The number of urea groups is 1. The highest BCUT2D eigenvalue weighted by Crippen LogP contribution is 2.42. The molecule has 5 heteroatoms. The Labute approximate surface area is 141 Å². The summed E-state index contributed by atoms with van der Waals surface area (Å²) in [6.07, 6.45) is 5.01. The second-order valence-electron chi connectivity index (χ2n) is 8.92. The SMILES string of the molecule is CN1CCN(CC2CC2)C2(CCN(C(=O)N(C)C)C(C)(C)C2)C1. The standard InChI is InChI=1S/C18H34N4O/c1-17(2)13-18(8-9-22(17)16(23)19(3)4)14-20(5)10-11-21(18)12-15-6-7-15/h15H,6-14H2,1-5H3. The number of amides is 2. The third-order valence-electron chi connectivity index (χ3n) is 6.07. The van der Waals surface area contributed by atoms with Crippen molar-refractivity contribution >= 4 is 6.03 Å². The van der Waals surface area contributed by atoms with Crippen molar-refractivity contribution in [2.45, 2.75) is 50.6 Å². The molecule has 1 saturated carbocycles. The topological polar surface area (TPSA) is 30.0 Å². The van der Waals surface area contributed by atoms with Gasteiger partial charge in [-0.15, -0.1) is 0 Å². The predicted octanol–water partition coefficient (Wildman–Crippen LogP) is 1.94. The van der Waals surface area contributed by atoms with Crippen molar-refractivity contribution in [2.24, 2.45) is 5.92 Å².